The summed E-state index contributed by atoms with van der Waals surface area (Å²) in [6.45, 7) is 9.73. The summed E-state index contributed by atoms with van der Waals surface area (Å²) >= 11 is 1.61. The van der Waals surface area contributed by atoms with Crippen molar-refractivity contribution in [1.29, 1.82) is 0 Å². The standard InChI is InChI=1S/C34H37F3N6O2S/c1-5-6-25-10-7-23(2)19-29(25)42-17-18-46-32(42)40-31(44)38-21-33(3,4)20-24-8-11-26(12-9-24)30-39-22-43(41-30)27-13-15-28(16-14-27)45-34(35,36)37/h7-16,19,22H,5-6,17-18,20-21H2,1-4H3,(H,38,44). The molecule has 12 heteroatoms. The number of hydrogen-bond acceptors (Lipinski definition) is 5. The zero-order chi connectivity index (χ0) is 32.9. The smallest absolute Gasteiger partial charge is 0.406 e. The van der Waals surface area contributed by atoms with Crippen molar-refractivity contribution >= 4 is 28.6 Å². The zero-order valence-corrected chi connectivity index (χ0v) is 27.1. The molecule has 1 saturated heterocycles. The van der Waals surface area contributed by atoms with Crippen LogP contribution in [0.2, 0.25) is 0 Å². The third kappa shape index (κ3) is 8.68. The summed E-state index contributed by atoms with van der Waals surface area (Å²) in [5, 5.41) is 8.21. The summed E-state index contributed by atoms with van der Waals surface area (Å²) < 4.78 is 42.7. The number of amides is 2. The van der Waals surface area contributed by atoms with Crippen LogP contribution in [0, 0.1) is 12.3 Å². The van der Waals surface area contributed by atoms with E-state index in [1.807, 2.05) is 24.3 Å². The number of carbonyl (C=O) groups is 1. The van der Waals surface area contributed by atoms with Gasteiger partial charge in [-0.25, -0.2) is 14.5 Å². The highest BCUT2D eigenvalue weighted by atomic mass is 32.2. The minimum Gasteiger partial charge on any atom is -0.406 e. The maximum Gasteiger partial charge on any atom is 0.573 e. The third-order valence-electron chi connectivity index (χ3n) is 7.46. The molecular weight excluding hydrogens is 613 g/mol. The fourth-order valence-corrected chi connectivity index (χ4v) is 6.22. The molecule has 46 heavy (non-hydrogen) atoms. The van der Waals surface area contributed by atoms with Gasteiger partial charge in [0.1, 0.15) is 12.1 Å². The number of aromatic nitrogens is 3. The second-order valence-electron chi connectivity index (χ2n) is 12.0. The topological polar surface area (TPSA) is 84.6 Å². The molecule has 2 heterocycles. The first-order valence-electron chi connectivity index (χ1n) is 15.1. The highest BCUT2D eigenvalue weighted by Gasteiger charge is 2.31. The molecule has 0 bridgehead atoms. The molecular formula is C34H37F3N6O2S. The number of hydrogen-bond donors (Lipinski definition) is 1. The number of rotatable bonds is 10. The quantitative estimate of drug-likeness (QED) is 0.187. The number of urea groups is 1. The maximum atomic E-state index is 12.9. The summed E-state index contributed by atoms with van der Waals surface area (Å²) in [4.78, 5) is 23.9. The Kier molecular flexibility index (Phi) is 10.0. The van der Waals surface area contributed by atoms with Gasteiger partial charge in [0.2, 0.25) is 0 Å². The Balaban J connectivity index is 1.17. The second-order valence-corrected chi connectivity index (χ2v) is 13.1. The lowest BCUT2D eigenvalue weighted by molar-refractivity contribution is -0.274. The number of aliphatic imine (C=N–C) groups is 1. The molecule has 0 saturated carbocycles. The number of nitrogens with zero attached hydrogens (tertiary/aromatic N) is 5. The van der Waals surface area contributed by atoms with E-state index >= 15 is 0 Å². The first-order chi connectivity index (χ1) is 21.9. The zero-order valence-electron chi connectivity index (χ0n) is 26.3. The van der Waals surface area contributed by atoms with Crippen LogP contribution in [0.3, 0.4) is 0 Å². The van der Waals surface area contributed by atoms with E-state index in [2.05, 4.69) is 75.9 Å². The Morgan fingerprint density at radius 3 is 2.50 bits per heavy atom. The molecule has 3 aromatic carbocycles. The number of nitrogens with one attached hydrogen (secondary N) is 1. The molecule has 0 aliphatic carbocycles. The fourth-order valence-electron chi connectivity index (χ4n) is 5.27. The summed E-state index contributed by atoms with van der Waals surface area (Å²) in [7, 11) is 0. The van der Waals surface area contributed by atoms with Gasteiger partial charge in [0, 0.05) is 30.1 Å². The lowest BCUT2D eigenvalue weighted by Gasteiger charge is -2.25. The molecule has 1 fully saturated rings. The molecule has 1 N–H and O–H groups in total. The van der Waals surface area contributed by atoms with Crippen LogP contribution in [-0.2, 0) is 12.8 Å². The largest absolute Gasteiger partial charge is 0.573 e. The number of thioether (sulfide) groups is 1. The van der Waals surface area contributed by atoms with E-state index in [1.54, 1.807) is 11.8 Å². The van der Waals surface area contributed by atoms with Gasteiger partial charge >= 0.3 is 12.4 Å². The third-order valence-corrected chi connectivity index (χ3v) is 8.42. The predicted octanol–water partition coefficient (Wildman–Crippen LogP) is 7.98. The van der Waals surface area contributed by atoms with Crippen LogP contribution >= 0.6 is 11.8 Å². The number of ether oxygens (including phenoxy) is 1. The van der Waals surface area contributed by atoms with E-state index in [1.165, 1.54) is 46.4 Å². The molecule has 1 aliphatic rings. The average Bonchev–Trinajstić information content (AvgIpc) is 3.67. The first-order valence-corrected chi connectivity index (χ1v) is 16.1. The number of carbonyl (C=O) groups excluding carboxylic acids is 1. The van der Waals surface area contributed by atoms with Crippen LogP contribution in [0.4, 0.5) is 23.7 Å². The van der Waals surface area contributed by atoms with Gasteiger partial charge < -0.3 is 15.0 Å². The van der Waals surface area contributed by atoms with E-state index in [9.17, 15) is 18.0 Å². The van der Waals surface area contributed by atoms with Crippen molar-refractivity contribution in [2.75, 3.05) is 23.7 Å². The van der Waals surface area contributed by atoms with Crippen LogP contribution in [0.25, 0.3) is 17.1 Å². The van der Waals surface area contributed by atoms with Gasteiger partial charge in [-0.05, 0) is 72.2 Å². The van der Waals surface area contributed by atoms with Crippen LogP contribution in [0.15, 0.2) is 78.0 Å². The molecule has 0 radical (unpaired) electrons. The van der Waals surface area contributed by atoms with Crippen molar-refractivity contribution in [3.8, 4) is 22.8 Å². The molecule has 8 nitrogen and oxygen atoms in total. The Labute approximate surface area is 271 Å². The number of anilines is 1. The van der Waals surface area contributed by atoms with Crippen LogP contribution in [0.5, 0.6) is 5.75 Å². The number of amidine groups is 1. The van der Waals surface area contributed by atoms with E-state index in [0.29, 0.717) is 18.1 Å². The van der Waals surface area contributed by atoms with Gasteiger partial charge in [0.15, 0.2) is 11.0 Å². The Hall–Kier alpha value is -4.32. The van der Waals surface area contributed by atoms with Crippen LogP contribution in [-0.4, -0.2) is 51.2 Å². The molecule has 4 aromatic rings. The predicted molar refractivity (Wildman–Crippen MR) is 177 cm³/mol. The van der Waals surface area contributed by atoms with Gasteiger partial charge in [-0.3, -0.25) is 0 Å². The van der Waals surface area contributed by atoms with Crippen molar-refractivity contribution in [2.45, 2.75) is 53.3 Å². The Bertz CT molecular complexity index is 1680. The van der Waals surface area contributed by atoms with Gasteiger partial charge in [-0.2, -0.15) is 4.99 Å². The molecule has 2 amide bonds. The van der Waals surface area contributed by atoms with Gasteiger partial charge in [-0.15, -0.1) is 18.3 Å². The lowest BCUT2D eigenvalue weighted by Crippen LogP contribution is -2.35. The van der Waals surface area contributed by atoms with Gasteiger partial charge in [0.05, 0.1) is 5.69 Å². The molecule has 1 aromatic heterocycles. The number of alkyl halides is 3. The molecule has 0 unspecified atom stereocenters. The Morgan fingerprint density at radius 2 is 1.80 bits per heavy atom. The second kappa shape index (κ2) is 14.0. The van der Waals surface area contributed by atoms with Crippen LogP contribution < -0.4 is 15.0 Å². The normalized spacial score (nSPS) is 14.6. The van der Waals surface area contributed by atoms with Gasteiger partial charge in [-0.1, -0.05) is 75.4 Å². The minimum atomic E-state index is -4.75. The summed E-state index contributed by atoms with van der Waals surface area (Å²) in [5.74, 6) is 1.07. The highest BCUT2D eigenvalue weighted by Crippen LogP contribution is 2.31. The molecule has 1 aliphatic heterocycles. The monoisotopic (exact) mass is 650 g/mol. The summed E-state index contributed by atoms with van der Waals surface area (Å²) in [6.07, 6.45) is -0.487. The van der Waals surface area contributed by atoms with E-state index in [4.69, 9.17) is 0 Å². The summed E-state index contributed by atoms with van der Waals surface area (Å²) in [5.41, 5.74) is 5.81. The van der Waals surface area contributed by atoms with Crippen LogP contribution in [0.1, 0.15) is 43.9 Å². The number of aryl methyl sites for hydroxylation is 2. The van der Waals surface area contributed by atoms with E-state index in [-0.39, 0.29) is 17.2 Å². The first kappa shape index (κ1) is 33.1. The van der Waals surface area contributed by atoms with Crippen molar-refractivity contribution in [3.05, 3.63) is 89.7 Å². The Morgan fingerprint density at radius 1 is 1.07 bits per heavy atom. The van der Waals surface area contributed by atoms with Crippen molar-refractivity contribution in [2.24, 2.45) is 10.4 Å². The summed E-state index contributed by atoms with van der Waals surface area (Å²) in [6, 6.07) is 19.4. The molecule has 242 valence electrons. The number of halogens is 3. The molecule has 5 rings (SSSR count). The minimum absolute atomic E-state index is 0.230. The molecule has 0 atom stereocenters. The van der Waals surface area contributed by atoms with Crippen molar-refractivity contribution < 1.29 is 22.7 Å². The van der Waals surface area contributed by atoms with Gasteiger partial charge in [0.25, 0.3) is 0 Å². The lowest BCUT2D eigenvalue weighted by atomic mass is 9.85. The van der Waals surface area contributed by atoms with Crippen molar-refractivity contribution in [3.63, 3.8) is 0 Å². The maximum absolute atomic E-state index is 12.9. The fraction of sp³-hybridized carbons (Fsp3) is 0.353. The van der Waals surface area contributed by atoms with E-state index in [0.717, 1.165) is 53.5 Å². The highest BCUT2D eigenvalue weighted by molar-refractivity contribution is 8.14. The average molecular weight is 651 g/mol. The SMILES string of the molecule is CCCc1ccc(C)cc1N1CCSC1=NC(=O)NCC(C)(C)Cc1ccc(-c2ncn(-c3ccc(OC(F)(F)F)cc3)n2)cc1. The molecule has 0 spiro atoms. The number of benzene rings is 3. The van der Waals surface area contributed by atoms with Crippen molar-refractivity contribution in [1.82, 2.24) is 20.1 Å². The van der Waals surface area contributed by atoms with E-state index < -0.39 is 6.36 Å².